The van der Waals surface area contributed by atoms with Crippen molar-refractivity contribution in [2.75, 3.05) is 19.6 Å². The molecule has 0 amide bonds. The van der Waals surface area contributed by atoms with Crippen LogP contribution in [-0.2, 0) is 5.54 Å². The molecule has 3 nitrogen and oxygen atoms in total. The van der Waals surface area contributed by atoms with Crippen LogP contribution in [0.15, 0.2) is 54.9 Å². The van der Waals surface area contributed by atoms with Gasteiger partial charge in [-0.15, -0.1) is 0 Å². The molecule has 1 N–H and O–H groups in total. The Balaban J connectivity index is 2.10. The van der Waals surface area contributed by atoms with Gasteiger partial charge >= 0.3 is 0 Å². The van der Waals surface area contributed by atoms with Crippen LogP contribution in [0.1, 0.15) is 11.1 Å². The first-order valence-corrected chi connectivity index (χ1v) is 6.27. The summed E-state index contributed by atoms with van der Waals surface area (Å²) < 4.78 is 0. The molecule has 3 heteroatoms. The van der Waals surface area contributed by atoms with Crippen molar-refractivity contribution < 1.29 is 0 Å². The molecule has 1 aliphatic heterocycles. The maximum Gasteiger partial charge on any atom is 0.0993 e. The lowest BCUT2D eigenvalue weighted by Crippen LogP contribution is -2.53. The highest BCUT2D eigenvalue weighted by atomic mass is 15.1. The number of nitrogens with zero attached hydrogens (tertiary/aromatic N) is 2. The number of piperazine rings is 1. The average Bonchev–Trinajstić information content (AvgIpc) is 2.50. The molecule has 0 aliphatic carbocycles. The molecule has 0 spiro atoms. The predicted molar refractivity (Wildman–Crippen MR) is 71.3 cm³/mol. The highest BCUT2D eigenvalue weighted by molar-refractivity contribution is 5.38. The lowest BCUT2D eigenvalue weighted by molar-refractivity contribution is 0.321. The molecule has 1 saturated heterocycles. The number of hydrogen-bond acceptors (Lipinski definition) is 2. The second-order valence-corrected chi connectivity index (χ2v) is 4.53. The van der Waals surface area contributed by atoms with Gasteiger partial charge in [-0.3, -0.25) is 4.98 Å². The van der Waals surface area contributed by atoms with Crippen molar-refractivity contribution in [2.24, 2.45) is 0 Å². The van der Waals surface area contributed by atoms with Gasteiger partial charge < -0.3 is 5.32 Å². The molecule has 1 fully saturated rings. The van der Waals surface area contributed by atoms with Crippen LogP contribution in [0.25, 0.3) is 0 Å². The second-order valence-electron chi connectivity index (χ2n) is 4.53. The molecule has 1 aromatic carbocycles. The van der Waals surface area contributed by atoms with E-state index in [1.165, 1.54) is 5.56 Å². The number of benzene rings is 1. The summed E-state index contributed by atoms with van der Waals surface area (Å²) in [5, 5.41) is 8.35. The fourth-order valence-corrected chi connectivity index (χ4v) is 2.53. The highest BCUT2D eigenvalue weighted by Gasteiger charge is 2.36. The summed E-state index contributed by atoms with van der Waals surface area (Å²) in [6.45, 7) is 2.63. The van der Waals surface area contributed by atoms with E-state index in [0.29, 0.717) is 0 Å². The lowest BCUT2D eigenvalue weighted by atomic mass is 9.82. The molecule has 0 bridgehead atoms. The van der Waals surface area contributed by atoms with Gasteiger partial charge in [-0.1, -0.05) is 36.4 Å². The van der Waals surface area contributed by atoms with Crippen molar-refractivity contribution in [3.63, 3.8) is 0 Å². The van der Waals surface area contributed by atoms with E-state index in [9.17, 15) is 0 Å². The van der Waals surface area contributed by atoms with Crippen LogP contribution in [-0.4, -0.2) is 24.6 Å². The Kier molecular flexibility index (Phi) is 3.09. The van der Waals surface area contributed by atoms with Gasteiger partial charge in [0.25, 0.3) is 0 Å². The average molecular weight is 238 g/mol. The third-order valence-corrected chi connectivity index (χ3v) is 3.44. The maximum atomic E-state index is 4.90. The lowest BCUT2D eigenvalue weighted by Gasteiger charge is -2.38. The first kappa shape index (κ1) is 11.4. The summed E-state index contributed by atoms with van der Waals surface area (Å²) in [5.74, 6) is 0. The minimum atomic E-state index is -0.284. The van der Waals surface area contributed by atoms with Crippen LogP contribution in [0.3, 0.4) is 0 Å². The van der Waals surface area contributed by atoms with Crippen molar-refractivity contribution in [1.82, 2.24) is 15.6 Å². The van der Waals surface area contributed by atoms with Gasteiger partial charge in [0.15, 0.2) is 0 Å². The van der Waals surface area contributed by atoms with E-state index in [2.05, 4.69) is 40.6 Å². The third-order valence-electron chi connectivity index (χ3n) is 3.44. The van der Waals surface area contributed by atoms with Crippen molar-refractivity contribution in [1.29, 1.82) is 0 Å². The molecule has 0 unspecified atom stereocenters. The van der Waals surface area contributed by atoms with E-state index in [1.807, 2.05) is 18.3 Å². The number of aromatic nitrogens is 1. The molecule has 1 aromatic heterocycles. The van der Waals surface area contributed by atoms with Crippen LogP contribution in [0, 0.1) is 0 Å². The van der Waals surface area contributed by atoms with Crippen LogP contribution in [0.2, 0.25) is 0 Å². The zero-order chi connectivity index (χ0) is 12.3. The predicted octanol–water partition coefficient (Wildman–Crippen LogP) is 1.53. The molecule has 18 heavy (non-hydrogen) atoms. The third kappa shape index (κ3) is 1.92. The molecule has 1 atom stereocenters. The standard InChI is InChI=1S/C15H16N3/c1-2-5-13(6-3-1)15(12-17-9-10-18-15)14-7-4-8-16-11-14/h1-8,11,17H,9-10,12H2/t15-/m1/s1. The Morgan fingerprint density at radius 3 is 2.50 bits per heavy atom. The van der Waals surface area contributed by atoms with Gasteiger partial charge in [-0.25, -0.2) is 5.32 Å². The van der Waals surface area contributed by atoms with Gasteiger partial charge in [0.05, 0.1) is 5.54 Å². The Morgan fingerprint density at radius 1 is 1.00 bits per heavy atom. The van der Waals surface area contributed by atoms with Gasteiger partial charge in [0, 0.05) is 32.0 Å². The Hall–Kier alpha value is -1.71. The fraction of sp³-hybridized carbons (Fsp3) is 0.267. The van der Waals surface area contributed by atoms with Gasteiger partial charge in [-0.05, 0) is 17.2 Å². The van der Waals surface area contributed by atoms with E-state index >= 15 is 0 Å². The normalized spacial score (nSPS) is 23.8. The van der Waals surface area contributed by atoms with Crippen molar-refractivity contribution >= 4 is 0 Å². The molecule has 2 heterocycles. The topological polar surface area (TPSA) is 39.0 Å². The summed E-state index contributed by atoms with van der Waals surface area (Å²) >= 11 is 0. The molecular weight excluding hydrogens is 222 g/mol. The summed E-state index contributed by atoms with van der Waals surface area (Å²) in [5.41, 5.74) is 2.10. The quantitative estimate of drug-likeness (QED) is 0.862. The monoisotopic (exact) mass is 238 g/mol. The molecule has 0 saturated carbocycles. The summed E-state index contributed by atoms with van der Waals surface area (Å²) in [7, 11) is 0. The Labute approximate surface area is 107 Å². The van der Waals surface area contributed by atoms with Crippen molar-refractivity contribution in [3.8, 4) is 0 Å². The largest absolute Gasteiger partial charge is 0.313 e. The highest BCUT2D eigenvalue weighted by Crippen LogP contribution is 2.30. The Bertz CT molecular complexity index is 448. The van der Waals surface area contributed by atoms with Gasteiger partial charge in [-0.2, -0.15) is 0 Å². The molecule has 3 rings (SSSR count). The zero-order valence-corrected chi connectivity index (χ0v) is 10.2. The molecule has 1 aliphatic rings. The fourth-order valence-electron chi connectivity index (χ4n) is 2.53. The summed E-state index contributed by atoms with van der Waals surface area (Å²) in [6, 6.07) is 14.5. The number of nitrogens with one attached hydrogen (secondary N) is 1. The molecule has 1 radical (unpaired) electrons. The minimum absolute atomic E-state index is 0.284. The SMILES string of the molecule is c1ccc([C@@]2(c3cccnc3)CNCC[N]2)cc1. The van der Waals surface area contributed by atoms with Crippen molar-refractivity contribution in [2.45, 2.75) is 5.54 Å². The van der Waals surface area contributed by atoms with Crippen LogP contribution < -0.4 is 10.6 Å². The molecule has 91 valence electrons. The number of rotatable bonds is 2. The van der Waals surface area contributed by atoms with Crippen molar-refractivity contribution in [3.05, 3.63) is 66.0 Å². The van der Waals surface area contributed by atoms with Gasteiger partial charge in [0.1, 0.15) is 0 Å². The first-order chi connectivity index (χ1) is 8.92. The van der Waals surface area contributed by atoms with Gasteiger partial charge in [0.2, 0.25) is 0 Å². The number of pyridine rings is 1. The summed E-state index contributed by atoms with van der Waals surface area (Å²) in [6.07, 6.45) is 3.72. The van der Waals surface area contributed by atoms with E-state index < -0.39 is 0 Å². The summed E-state index contributed by atoms with van der Waals surface area (Å²) in [4.78, 5) is 4.24. The molecule has 2 aromatic rings. The van der Waals surface area contributed by atoms with Crippen LogP contribution in [0.5, 0.6) is 0 Å². The zero-order valence-electron chi connectivity index (χ0n) is 10.2. The van der Waals surface area contributed by atoms with E-state index in [0.717, 1.165) is 25.2 Å². The molecular formula is C15H16N3. The Morgan fingerprint density at radius 2 is 1.83 bits per heavy atom. The second kappa shape index (κ2) is 4.88. The first-order valence-electron chi connectivity index (χ1n) is 6.27. The van der Waals surface area contributed by atoms with Crippen LogP contribution in [0.4, 0.5) is 0 Å². The van der Waals surface area contributed by atoms with E-state index in [1.54, 1.807) is 6.20 Å². The maximum absolute atomic E-state index is 4.90. The minimum Gasteiger partial charge on any atom is -0.313 e. The van der Waals surface area contributed by atoms with E-state index in [4.69, 9.17) is 5.32 Å². The van der Waals surface area contributed by atoms with Crippen LogP contribution >= 0.6 is 0 Å². The number of hydrogen-bond donors (Lipinski definition) is 1. The smallest absolute Gasteiger partial charge is 0.0993 e. The van der Waals surface area contributed by atoms with E-state index in [-0.39, 0.29) is 5.54 Å².